The number of halogens is 17. The second-order valence-corrected chi connectivity index (χ2v) is 6.06. The fourth-order valence-corrected chi connectivity index (χ4v) is 1.88. The molecule has 0 fully saturated rings. The number of phenols is 1. The number of aromatic hydroxyl groups is 1. The van der Waals surface area contributed by atoms with Gasteiger partial charge in [0.25, 0.3) is 0 Å². The maximum Gasteiger partial charge on any atom is 0.471 e. The van der Waals surface area contributed by atoms with Crippen LogP contribution in [0.25, 0.3) is 0 Å². The topological polar surface area (TPSA) is 29.5 Å². The number of benzene rings is 1. The van der Waals surface area contributed by atoms with Crippen LogP contribution in [0.15, 0.2) is 24.3 Å². The highest BCUT2D eigenvalue weighted by molar-refractivity contribution is 5.30. The molecule has 1 rings (SSSR count). The van der Waals surface area contributed by atoms with Crippen molar-refractivity contribution in [2.24, 2.45) is 0 Å². The first-order chi connectivity index (χ1) is 14.2. The van der Waals surface area contributed by atoms with E-state index in [9.17, 15) is 74.6 Å². The molecule has 0 spiro atoms. The maximum atomic E-state index is 13.5. The number of phenolic OH excluding ortho intramolecular Hbond substituents is 1. The molecule has 192 valence electrons. The quantitative estimate of drug-likeness (QED) is 0.379. The summed E-state index contributed by atoms with van der Waals surface area (Å²) in [7, 11) is 0. The molecule has 0 radical (unpaired) electrons. The molecule has 1 aromatic carbocycles. The van der Waals surface area contributed by atoms with Crippen molar-refractivity contribution in [3.63, 3.8) is 0 Å². The summed E-state index contributed by atoms with van der Waals surface area (Å²) in [6.45, 7) is 0. The van der Waals surface area contributed by atoms with Gasteiger partial charge in [0.1, 0.15) is 11.5 Å². The first-order valence-corrected chi connectivity index (χ1v) is 7.42. The normalized spacial score (nSPS) is 15.5. The molecule has 0 atom stereocenters. The predicted molar refractivity (Wildman–Crippen MR) is 69.4 cm³/mol. The largest absolute Gasteiger partial charge is 0.508 e. The number of hydrogen-bond donors (Lipinski definition) is 1. The van der Waals surface area contributed by atoms with E-state index in [4.69, 9.17) is 5.11 Å². The highest BCUT2D eigenvalue weighted by Gasteiger charge is 2.95. The summed E-state index contributed by atoms with van der Waals surface area (Å²) in [6.07, 6.45) is -14.8. The van der Waals surface area contributed by atoms with Gasteiger partial charge in [0.15, 0.2) is 0 Å². The summed E-state index contributed by atoms with van der Waals surface area (Å²) < 4.78 is 225. The average molecular weight is 528 g/mol. The highest BCUT2D eigenvalue weighted by atomic mass is 19.4. The Labute approximate surface area is 169 Å². The van der Waals surface area contributed by atoms with Gasteiger partial charge in [-0.3, -0.25) is 0 Å². The monoisotopic (exact) mass is 528 g/mol. The number of hydrogen-bond acceptors (Lipinski definition) is 2. The number of rotatable bonds is 8. The maximum absolute atomic E-state index is 13.5. The molecule has 33 heavy (non-hydrogen) atoms. The first kappa shape index (κ1) is 28.7. The summed E-state index contributed by atoms with van der Waals surface area (Å²) in [6, 6.07) is 0.957. The van der Waals surface area contributed by atoms with E-state index in [1.807, 2.05) is 0 Å². The molecular weight excluding hydrogens is 523 g/mol. The van der Waals surface area contributed by atoms with Crippen molar-refractivity contribution in [2.45, 2.75) is 47.8 Å². The Morgan fingerprint density at radius 1 is 0.455 bits per heavy atom. The second-order valence-electron chi connectivity index (χ2n) is 6.06. The van der Waals surface area contributed by atoms with E-state index in [0.29, 0.717) is 12.1 Å². The van der Waals surface area contributed by atoms with Crippen LogP contribution in [0.3, 0.4) is 0 Å². The Kier molecular flexibility index (Phi) is 6.58. The van der Waals surface area contributed by atoms with E-state index >= 15 is 0 Å². The highest BCUT2D eigenvalue weighted by Crippen LogP contribution is 2.63. The second kappa shape index (κ2) is 7.57. The van der Waals surface area contributed by atoms with Crippen molar-refractivity contribution in [1.82, 2.24) is 0 Å². The van der Waals surface area contributed by atoms with Gasteiger partial charge >= 0.3 is 47.8 Å². The standard InChI is InChI=1S/C14H5F17O2/c15-7(16,9(19,20)11(23,24)13(27,28)29)8(17,18)10(21,22)12(25,26)14(30,31)33-6-3-1-5(32)2-4-6/h1-4,32H. The molecule has 1 N–H and O–H groups in total. The molecule has 0 aliphatic heterocycles. The van der Waals surface area contributed by atoms with Gasteiger partial charge in [0.2, 0.25) is 0 Å². The van der Waals surface area contributed by atoms with Crippen molar-refractivity contribution >= 4 is 0 Å². The van der Waals surface area contributed by atoms with E-state index in [1.54, 1.807) is 0 Å². The van der Waals surface area contributed by atoms with Gasteiger partial charge < -0.3 is 9.84 Å². The van der Waals surface area contributed by atoms with E-state index in [2.05, 4.69) is 4.74 Å². The number of alkyl halides is 17. The molecule has 0 heterocycles. The van der Waals surface area contributed by atoms with Gasteiger partial charge in [-0.25, -0.2) is 0 Å². The van der Waals surface area contributed by atoms with Crippen LogP contribution < -0.4 is 4.74 Å². The van der Waals surface area contributed by atoms with Crippen molar-refractivity contribution in [1.29, 1.82) is 0 Å². The zero-order valence-corrected chi connectivity index (χ0v) is 14.6. The van der Waals surface area contributed by atoms with Crippen LogP contribution in [0, 0.1) is 0 Å². The van der Waals surface area contributed by atoms with Crippen LogP contribution in [0.2, 0.25) is 0 Å². The third-order valence-electron chi connectivity index (χ3n) is 3.78. The van der Waals surface area contributed by atoms with E-state index in [0.717, 1.165) is 0 Å². The van der Waals surface area contributed by atoms with Gasteiger partial charge in [-0.05, 0) is 24.3 Å². The molecule has 0 aliphatic carbocycles. The molecule has 0 aromatic heterocycles. The van der Waals surface area contributed by atoms with Crippen LogP contribution in [0.5, 0.6) is 11.5 Å². The molecule has 0 saturated heterocycles. The third kappa shape index (κ3) is 3.95. The smallest absolute Gasteiger partial charge is 0.471 e. The van der Waals surface area contributed by atoms with Crippen molar-refractivity contribution < 1.29 is 84.5 Å². The van der Waals surface area contributed by atoms with Crippen LogP contribution in [-0.2, 0) is 0 Å². The van der Waals surface area contributed by atoms with Gasteiger partial charge in [-0.2, -0.15) is 74.6 Å². The van der Waals surface area contributed by atoms with Gasteiger partial charge in [-0.15, -0.1) is 0 Å². The SMILES string of the molecule is Oc1ccc(OC(F)(F)C(F)(F)C(F)(F)C(F)(F)C(F)(F)C(F)(F)C(F)(F)C(F)(F)F)cc1. The third-order valence-corrected chi connectivity index (χ3v) is 3.78. The van der Waals surface area contributed by atoms with E-state index in [1.165, 1.54) is 0 Å². The predicted octanol–water partition coefficient (Wildman–Crippen LogP) is 6.74. The Morgan fingerprint density at radius 2 is 0.758 bits per heavy atom. The Hall–Kier alpha value is -2.37. The van der Waals surface area contributed by atoms with Crippen molar-refractivity contribution in [3.05, 3.63) is 24.3 Å². The Bertz CT molecular complexity index is 840. The van der Waals surface area contributed by atoms with Crippen molar-refractivity contribution in [2.75, 3.05) is 0 Å². The summed E-state index contributed by atoms with van der Waals surface area (Å²) in [5.41, 5.74) is 0. The van der Waals surface area contributed by atoms with E-state index in [-0.39, 0.29) is 12.1 Å². The summed E-state index contributed by atoms with van der Waals surface area (Å²) in [5.74, 6) is -52.9. The molecule has 2 nitrogen and oxygen atoms in total. The summed E-state index contributed by atoms with van der Waals surface area (Å²) in [4.78, 5) is 0. The minimum Gasteiger partial charge on any atom is -0.508 e. The molecule has 0 unspecified atom stereocenters. The minimum atomic E-state index is -8.69. The lowest BCUT2D eigenvalue weighted by Crippen LogP contribution is -2.74. The lowest BCUT2D eigenvalue weighted by atomic mass is 9.90. The zero-order valence-electron chi connectivity index (χ0n) is 14.6. The lowest BCUT2D eigenvalue weighted by molar-refractivity contribution is -0.471. The molecule has 1 aromatic rings. The Balaban J connectivity index is 3.57. The molecule has 19 heteroatoms. The molecular formula is C14H5F17O2. The lowest BCUT2D eigenvalue weighted by Gasteiger charge is -2.42. The fourth-order valence-electron chi connectivity index (χ4n) is 1.88. The summed E-state index contributed by atoms with van der Waals surface area (Å²) >= 11 is 0. The van der Waals surface area contributed by atoms with Crippen LogP contribution in [0.4, 0.5) is 74.6 Å². The van der Waals surface area contributed by atoms with Gasteiger partial charge in [0.05, 0.1) is 0 Å². The van der Waals surface area contributed by atoms with Crippen molar-refractivity contribution in [3.8, 4) is 11.5 Å². The molecule has 0 aliphatic rings. The fraction of sp³-hybridized carbons (Fsp3) is 0.571. The van der Waals surface area contributed by atoms with Crippen LogP contribution in [0.1, 0.15) is 0 Å². The molecule has 0 amide bonds. The minimum absolute atomic E-state index is 0.113. The van der Waals surface area contributed by atoms with Crippen LogP contribution in [-0.4, -0.2) is 52.9 Å². The van der Waals surface area contributed by atoms with Crippen LogP contribution >= 0.6 is 0 Å². The molecule has 0 saturated carbocycles. The first-order valence-electron chi connectivity index (χ1n) is 7.42. The summed E-state index contributed by atoms with van der Waals surface area (Å²) in [5, 5.41) is 8.83. The number of ether oxygens (including phenoxy) is 1. The Morgan fingerprint density at radius 3 is 1.09 bits per heavy atom. The molecule has 0 bridgehead atoms. The van der Waals surface area contributed by atoms with E-state index < -0.39 is 59.3 Å². The van der Waals surface area contributed by atoms with Gasteiger partial charge in [-0.1, -0.05) is 0 Å². The van der Waals surface area contributed by atoms with Gasteiger partial charge in [0, 0.05) is 0 Å². The zero-order chi connectivity index (χ0) is 26.7. The average Bonchev–Trinajstić information content (AvgIpc) is 2.61.